The SMILES string of the molecule is O=C(CSc1nnnn1CCNC1CC1)N1CCOCC1. The van der Waals surface area contributed by atoms with Crippen LogP contribution in [0.5, 0.6) is 0 Å². The third kappa shape index (κ3) is 4.39. The molecule has 0 bridgehead atoms. The molecular formula is C12H20N6O2S. The highest BCUT2D eigenvalue weighted by Crippen LogP contribution is 2.18. The number of ether oxygens (including phenoxy) is 1. The van der Waals surface area contributed by atoms with E-state index < -0.39 is 0 Å². The molecule has 0 atom stereocenters. The first kappa shape index (κ1) is 14.7. The lowest BCUT2D eigenvalue weighted by Crippen LogP contribution is -2.41. The molecule has 0 spiro atoms. The van der Waals surface area contributed by atoms with Gasteiger partial charge in [0.1, 0.15) is 0 Å². The van der Waals surface area contributed by atoms with E-state index in [0.29, 0.717) is 43.3 Å². The number of amides is 1. The standard InChI is InChI=1S/C12H20N6O2S/c19-11(17-5-7-20-8-6-17)9-21-12-14-15-16-18(12)4-3-13-10-1-2-10/h10,13H,1-9H2. The number of thioether (sulfide) groups is 1. The van der Waals surface area contributed by atoms with Crippen LogP contribution in [0.3, 0.4) is 0 Å². The molecule has 1 N–H and O–H groups in total. The molecule has 0 unspecified atom stereocenters. The number of carbonyl (C=O) groups excluding carboxylic acids is 1. The Morgan fingerprint density at radius 3 is 2.95 bits per heavy atom. The van der Waals surface area contributed by atoms with Crippen LogP contribution in [-0.2, 0) is 16.1 Å². The number of hydrogen-bond acceptors (Lipinski definition) is 7. The van der Waals surface area contributed by atoms with E-state index in [4.69, 9.17) is 4.74 Å². The monoisotopic (exact) mass is 312 g/mol. The van der Waals surface area contributed by atoms with E-state index in [2.05, 4.69) is 20.8 Å². The van der Waals surface area contributed by atoms with Crippen molar-refractivity contribution >= 4 is 17.7 Å². The maximum absolute atomic E-state index is 12.1. The van der Waals surface area contributed by atoms with Crippen molar-refractivity contribution in [2.24, 2.45) is 0 Å². The minimum atomic E-state index is 0.119. The Morgan fingerprint density at radius 2 is 2.19 bits per heavy atom. The lowest BCUT2D eigenvalue weighted by atomic mass is 10.4. The summed E-state index contributed by atoms with van der Waals surface area (Å²) >= 11 is 1.40. The summed E-state index contributed by atoms with van der Waals surface area (Å²) in [7, 11) is 0. The molecule has 1 aliphatic carbocycles. The van der Waals surface area contributed by atoms with Crippen molar-refractivity contribution in [3.05, 3.63) is 0 Å². The van der Waals surface area contributed by atoms with Gasteiger partial charge in [0.05, 0.1) is 25.5 Å². The molecule has 3 rings (SSSR count). The summed E-state index contributed by atoms with van der Waals surface area (Å²) in [6, 6.07) is 0.681. The third-order valence-corrected chi connectivity index (χ3v) is 4.46. The quantitative estimate of drug-likeness (QED) is 0.671. The Kier molecular flexibility index (Phi) is 5.04. The Hall–Kier alpha value is -1.19. The molecule has 2 fully saturated rings. The summed E-state index contributed by atoms with van der Waals surface area (Å²) in [5.74, 6) is 0.491. The molecular weight excluding hydrogens is 292 g/mol. The predicted molar refractivity (Wildman–Crippen MR) is 77.0 cm³/mol. The van der Waals surface area contributed by atoms with Crippen LogP contribution in [0.4, 0.5) is 0 Å². The largest absolute Gasteiger partial charge is 0.378 e. The number of aromatic nitrogens is 4. The highest BCUT2D eigenvalue weighted by Gasteiger charge is 2.21. The maximum atomic E-state index is 12.1. The van der Waals surface area contributed by atoms with Crippen molar-refractivity contribution in [2.75, 3.05) is 38.6 Å². The second kappa shape index (κ2) is 7.19. The van der Waals surface area contributed by atoms with Gasteiger partial charge in [0.25, 0.3) is 0 Å². The van der Waals surface area contributed by atoms with Crippen LogP contribution in [-0.4, -0.2) is 75.7 Å². The lowest BCUT2D eigenvalue weighted by Gasteiger charge is -2.26. The second-order valence-electron chi connectivity index (χ2n) is 5.19. The molecule has 8 nitrogen and oxygen atoms in total. The van der Waals surface area contributed by atoms with Gasteiger partial charge in [-0.05, 0) is 23.3 Å². The van der Waals surface area contributed by atoms with Gasteiger partial charge < -0.3 is 15.0 Å². The normalized spacial score (nSPS) is 19.0. The molecule has 2 heterocycles. The average molecular weight is 312 g/mol. The number of tetrazole rings is 1. The van der Waals surface area contributed by atoms with Gasteiger partial charge in [0.15, 0.2) is 0 Å². The average Bonchev–Trinajstić information content (AvgIpc) is 3.24. The van der Waals surface area contributed by atoms with E-state index in [1.165, 1.54) is 24.6 Å². The van der Waals surface area contributed by atoms with Crippen LogP contribution in [0.1, 0.15) is 12.8 Å². The highest BCUT2D eigenvalue weighted by molar-refractivity contribution is 7.99. The van der Waals surface area contributed by atoms with E-state index >= 15 is 0 Å². The van der Waals surface area contributed by atoms with Crippen LogP contribution in [0.2, 0.25) is 0 Å². The van der Waals surface area contributed by atoms with Crippen LogP contribution >= 0.6 is 11.8 Å². The zero-order chi connectivity index (χ0) is 14.5. The van der Waals surface area contributed by atoms with Gasteiger partial charge >= 0.3 is 0 Å². The first-order chi connectivity index (χ1) is 10.3. The van der Waals surface area contributed by atoms with Gasteiger partial charge in [0.2, 0.25) is 11.1 Å². The smallest absolute Gasteiger partial charge is 0.233 e. The van der Waals surface area contributed by atoms with Crippen molar-refractivity contribution < 1.29 is 9.53 Å². The molecule has 1 saturated carbocycles. The van der Waals surface area contributed by atoms with Crippen molar-refractivity contribution in [1.29, 1.82) is 0 Å². The second-order valence-corrected chi connectivity index (χ2v) is 6.14. The van der Waals surface area contributed by atoms with Crippen molar-refractivity contribution in [3.8, 4) is 0 Å². The number of nitrogens with one attached hydrogen (secondary N) is 1. The Morgan fingerprint density at radius 1 is 1.38 bits per heavy atom. The van der Waals surface area contributed by atoms with E-state index in [1.807, 2.05) is 4.90 Å². The summed E-state index contributed by atoms with van der Waals surface area (Å²) in [4.78, 5) is 13.9. The molecule has 9 heteroatoms. The minimum Gasteiger partial charge on any atom is -0.378 e. The van der Waals surface area contributed by atoms with Crippen LogP contribution < -0.4 is 5.32 Å². The van der Waals surface area contributed by atoms with Crippen LogP contribution in [0.25, 0.3) is 0 Å². The fraction of sp³-hybridized carbons (Fsp3) is 0.833. The molecule has 21 heavy (non-hydrogen) atoms. The van der Waals surface area contributed by atoms with Crippen molar-refractivity contribution in [3.63, 3.8) is 0 Å². The van der Waals surface area contributed by atoms with E-state index in [-0.39, 0.29) is 5.91 Å². The highest BCUT2D eigenvalue weighted by atomic mass is 32.2. The number of rotatable bonds is 7. The van der Waals surface area contributed by atoms with E-state index in [9.17, 15) is 4.79 Å². The Bertz CT molecular complexity index is 472. The number of carbonyl (C=O) groups is 1. The minimum absolute atomic E-state index is 0.119. The number of hydrogen-bond donors (Lipinski definition) is 1. The van der Waals surface area contributed by atoms with Gasteiger partial charge in [-0.1, -0.05) is 11.8 Å². The van der Waals surface area contributed by atoms with Gasteiger partial charge in [-0.25, -0.2) is 4.68 Å². The Labute approximate surface area is 127 Å². The summed E-state index contributed by atoms with van der Waals surface area (Å²) in [6.07, 6.45) is 2.54. The molecule has 1 aliphatic heterocycles. The number of nitrogens with zero attached hydrogens (tertiary/aromatic N) is 5. The Balaban J connectivity index is 1.43. The fourth-order valence-electron chi connectivity index (χ4n) is 2.13. The predicted octanol–water partition coefficient (Wildman–Crippen LogP) is -0.624. The lowest BCUT2D eigenvalue weighted by molar-refractivity contribution is -0.132. The maximum Gasteiger partial charge on any atom is 0.233 e. The van der Waals surface area contributed by atoms with Gasteiger partial charge in [0, 0.05) is 25.7 Å². The van der Waals surface area contributed by atoms with Gasteiger partial charge in [-0.2, -0.15) is 0 Å². The summed E-state index contributed by atoms with van der Waals surface area (Å²) in [5.41, 5.74) is 0. The van der Waals surface area contributed by atoms with Crippen molar-refractivity contribution in [2.45, 2.75) is 30.6 Å². The van der Waals surface area contributed by atoms with Crippen molar-refractivity contribution in [1.82, 2.24) is 30.4 Å². The summed E-state index contributed by atoms with van der Waals surface area (Å²) < 4.78 is 7.00. The molecule has 0 radical (unpaired) electrons. The summed E-state index contributed by atoms with van der Waals surface area (Å²) in [6.45, 7) is 4.20. The first-order valence-electron chi connectivity index (χ1n) is 7.31. The van der Waals surface area contributed by atoms with E-state index in [0.717, 1.165) is 13.1 Å². The topological polar surface area (TPSA) is 85.2 Å². The molecule has 116 valence electrons. The molecule has 0 aromatic carbocycles. The van der Waals surface area contributed by atoms with Gasteiger partial charge in [-0.3, -0.25) is 4.79 Å². The van der Waals surface area contributed by atoms with Crippen LogP contribution in [0.15, 0.2) is 5.16 Å². The first-order valence-corrected chi connectivity index (χ1v) is 8.29. The zero-order valence-corrected chi connectivity index (χ0v) is 12.7. The third-order valence-electron chi connectivity index (χ3n) is 3.52. The molecule has 1 aromatic rings. The fourth-order valence-corrected chi connectivity index (χ4v) is 2.94. The van der Waals surface area contributed by atoms with E-state index in [1.54, 1.807) is 4.68 Å². The molecule has 1 amide bonds. The van der Waals surface area contributed by atoms with Crippen LogP contribution in [0, 0.1) is 0 Å². The molecule has 1 saturated heterocycles. The van der Waals surface area contributed by atoms with Gasteiger partial charge in [-0.15, -0.1) is 5.10 Å². The summed E-state index contributed by atoms with van der Waals surface area (Å²) in [5, 5.41) is 15.8. The number of morpholine rings is 1. The molecule has 1 aromatic heterocycles. The molecule has 2 aliphatic rings. The zero-order valence-electron chi connectivity index (χ0n) is 11.9.